The number of nitrogens with zero attached hydrogens (tertiary/aromatic N) is 6. The van der Waals surface area contributed by atoms with Crippen molar-refractivity contribution in [3.8, 4) is 28.2 Å². The van der Waals surface area contributed by atoms with Crippen LogP contribution in [0, 0.1) is 0 Å². The van der Waals surface area contributed by atoms with Crippen molar-refractivity contribution in [3.63, 3.8) is 0 Å². The molecular weight excluding hydrogens is 723 g/mol. The van der Waals surface area contributed by atoms with E-state index >= 15 is 0 Å². The Bertz CT molecular complexity index is 2120. The van der Waals surface area contributed by atoms with Crippen molar-refractivity contribution in [2.45, 2.75) is 32.1 Å². The van der Waals surface area contributed by atoms with Crippen molar-refractivity contribution in [2.24, 2.45) is 0 Å². The molecule has 0 bridgehead atoms. The monoisotopic (exact) mass is 754 g/mol. The van der Waals surface area contributed by atoms with Gasteiger partial charge in [-0.1, -0.05) is 84.8 Å². The lowest BCUT2D eigenvalue weighted by atomic mass is 10.1. The quantitative estimate of drug-likeness (QED) is 0.106. The molecule has 3 heterocycles. The second-order valence-corrected chi connectivity index (χ2v) is 21.2. The number of aliphatic hydroxyl groups is 1. The van der Waals surface area contributed by atoms with Gasteiger partial charge in [-0.25, -0.2) is 9.29 Å². The lowest BCUT2D eigenvalue weighted by Crippen LogP contribution is -2.36. The van der Waals surface area contributed by atoms with Crippen molar-refractivity contribution < 1.29 is 18.3 Å². The second-order valence-electron chi connectivity index (χ2n) is 12.7. The van der Waals surface area contributed by atoms with E-state index in [-0.39, 0.29) is 6.73 Å². The fourth-order valence-corrected chi connectivity index (χ4v) is 7.82. The first-order chi connectivity index (χ1) is 23.3. The predicted molar refractivity (Wildman–Crippen MR) is 197 cm³/mol. The summed E-state index contributed by atoms with van der Waals surface area (Å²) in [5, 5.41) is 20.0. The topological polar surface area (TPSA) is 114 Å². The van der Waals surface area contributed by atoms with Crippen molar-refractivity contribution in [1.29, 1.82) is 0 Å². The molecule has 10 nitrogen and oxygen atoms in total. The van der Waals surface area contributed by atoms with E-state index in [4.69, 9.17) is 44.5 Å². The minimum atomic E-state index is -4.14. The summed E-state index contributed by atoms with van der Waals surface area (Å²) in [6.07, 6.45) is 3.47. The van der Waals surface area contributed by atoms with Crippen LogP contribution in [-0.4, -0.2) is 59.0 Å². The van der Waals surface area contributed by atoms with Gasteiger partial charge in [0.05, 0.1) is 28.3 Å². The third-order valence-corrected chi connectivity index (χ3v) is 11.9. The highest BCUT2D eigenvalue weighted by Gasteiger charge is 2.38. The molecule has 0 spiro atoms. The summed E-state index contributed by atoms with van der Waals surface area (Å²) < 4.78 is 36.6. The van der Waals surface area contributed by atoms with Crippen LogP contribution in [0.4, 0.5) is 5.69 Å². The van der Waals surface area contributed by atoms with Crippen LogP contribution in [0.25, 0.3) is 28.2 Å². The summed E-state index contributed by atoms with van der Waals surface area (Å²) in [7, 11) is -5.52. The summed E-state index contributed by atoms with van der Waals surface area (Å²) in [4.78, 5) is 4.96. The van der Waals surface area contributed by atoms with E-state index in [1.165, 1.54) is 6.20 Å². The number of aromatic nitrogens is 4. The fourth-order valence-electron chi connectivity index (χ4n) is 5.15. The van der Waals surface area contributed by atoms with E-state index in [1.807, 2.05) is 53.2 Å². The third kappa shape index (κ3) is 7.95. The van der Waals surface area contributed by atoms with E-state index in [1.54, 1.807) is 36.4 Å². The van der Waals surface area contributed by atoms with Crippen LogP contribution in [0.2, 0.25) is 40.9 Å². The van der Waals surface area contributed by atoms with E-state index in [9.17, 15) is 13.5 Å². The molecule has 0 radical (unpaired) electrons. The van der Waals surface area contributed by atoms with Crippen molar-refractivity contribution in [3.05, 3.63) is 124 Å². The van der Waals surface area contributed by atoms with E-state index < -0.39 is 24.2 Å². The molecule has 0 saturated heterocycles. The lowest BCUT2D eigenvalue weighted by molar-refractivity contribution is 0.0747. The van der Waals surface area contributed by atoms with Crippen molar-refractivity contribution in [2.75, 3.05) is 17.6 Å². The van der Waals surface area contributed by atoms with Gasteiger partial charge >= 0.3 is 10.2 Å². The van der Waals surface area contributed by atoms with Gasteiger partial charge < -0.3 is 14.4 Å². The molecule has 49 heavy (non-hydrogen) atoms. The number of rotatable bonds is 11. The average molecular weight is 756 g/mol. The summed E-state index contributed by atoms with van der Waals surface area (Å²) in [5.41, 5.74) is 4.84. The molecule has 0 saturated carbocycles. The maximum atomic E-state index is 13.6. The number of ether oxygens (including phenoxy) is 1. The van der Waals surface area contributed by atoms with Gasteiger partial charge in [-0.05, 0) is 60.1 Å². The summed E-state index contributed by atoms with van der Waals surface area (Å²) >= 11 is 18.7. The Morgan fingerprint density at radius 1 is 0.878 bits per heavy atom. The Morgan fingerprint density at radius 3 is 2.33 bits per heavy atom. The van der Waals surface area contributed by atoms with Crippen LogP contribution < -0.4 is 4.31 Å². The Kier molecular flexibility index (Phi) is 10.1. The molecule has 6 rings (SSSR count). The molecule has 1 N–H and O–H groups in total. The normalized spacial score (nSPS) is 14.4. The van der Waals surface area contributed by atoms with E-state index in [0.29, 0.717) is 62.4 Å². The number of halogens is 3. The Balaban J connectivity index is 1.32. The molecule has 2 aromatic heterocycles. The minimum Gasteiger partial charge on any atom is -0.493 e. The number of hydrogen-bond donors (Lipinski definition) is 1. The molecule has 1 aliphatic rings. The molecule has 15 heteroatoms. The summed E-state index contributed by atoms with van der Waals surface area (Å²) in [6.45, 7) is 6.75. The van der Waals surface area contributed by atoms with Gasteiger partial charge in [0, 0.05) is 49.1 Å². The number of anilines is 1. The van der Waals surface area contributed by atoms with Gasteiger partial charge in [-0.2, -0.15) is 12.7 Å². The number of hydrogen-bond acceptors (Lipinski definition) is 7. The molecule has 0 fully saturated rings. The predicted octanol–water partition coefficient (Wildman–Crippen LogP) is 8.58. The zero-order valence-electron chi connectivity index (χ0n) is 26.9. The molecule has 5 aromatic rings. The molecule has 254 valence electrons. The highest BCUT2D eigenvalue weighted by Crippen LogP contribution is 2.34. The zero-order valence-corrected chi connectivity index (χ0v) is 31.0. The highest BCUT2D eigenvalue weighted by molar-refractivity contribution is 7.91. The first kappa shape index (κ1) is 34.9. The highest BCUT2D eigenvalue weighted by atomic mass is 35.5. The maximum absolute atomic E-state index is 13.6. The van der Waals surface area contributed by atoms with E-state index in [0.717, 1.165) is 25.8 Å². The van der Waals surface area contributed by atoms with Crippen molar-refractivity contribution in [1.82, 2.24) is 24.1 Å². The van der Waals surface area contributed by atoms with Crippen LogP contribution in [0.5, 0.6) is 0 Å². The SMILES string of the molecule is C[Si](C)(C)CCOCN1C(O)=CN(c2cccc(-n3cc(-c4ccc(Cl)cc4Cl)nc3Cc3ccc(-c4ccc(Cl)nn4)cc3)c2)S1(=O)=O. The Morgan fingerprint density at radius 2 is 1.63 bits per heavy atom. The second kappa shape index (κ2) is 14.1. The van der Waals surface area contributed by atoms with Crippen LogP contribution in [0.1, 0.15) is 11.4 Å². The number of aliphatic hydroxyl groups excluding tert-OH is 1. The van der Waals surface area contributed by atoms with Gasteiger partial charge in [0.25, 0.3) is 0 Å². The Hall–Kier alpha value is -3.91. The summed E-state index contributed by atoms with van der Waals surface area (Å²) in [5.74, 6) is 0.256. The molecular formula is C34H33Cl3N6O4SSi. The smallest absolute Gasteiger partial charge is 0.334 e. The minimum absolute atomic E-state index is 0.286. The van der Waals surface area contributed by atoms with E-state index in [2.05, 4.69) is 29.8 Å². The Labute approximate surface area is 301 Å². The maximum Gasteiger partial charge on any atom is 0.334 e. The molecule has 3 aromatic carbocycles. The molecule has 0 unspecified atom stereocenters. The van der Waals surface area contributed by atoms with Gasteiger partial charge in [0.1, 0.15) is 12.6 Å². The van der Waals surface area contributed by atoms with Gasteiger partial charge in [0.15, 0.2) is 5.15 Å². The standard InChI is InChI=1S/C34H33Cl3N6O4SSi/c1-49(2,3)16-15-47-22-43-34(44)21-42(48(43,45)46)27-6-4-5-26(19-27)41-20-31(28-12-11-25(35)18-29(28)36)38-33(41)17-23-7-9-24(10-8-23)30-13-14-32(37)40-39-30/h4-14,18-21,44H,15-17,22H2,1-3H3. The lowest BCUT2D eigenvalue weighted by Gasteiger charge is -2.23. The molecule has 0 amide bonds. The number of imidazole rings is 1. The summed E-state index contributed by atoms with van der Waals surface area (Å²) in [6, 6.07) is 24.5. The fraction of sp³-hybridized carbons (Fsp3) is 0.206. The largest absolute Gasteiger partial charge is 0.493 e. The average Bonchev–Trinajstić information content (AvgIpc) is 3.56. The molecule has 0 aliphatic carbocycles. The van der Waals surface area contributed by atoms with Gasteiger partial charge in [0.2, 0.25) is 5.88 Å². The zero-order chi connectivity index (χ0) is 34.9. The van der Waals surface area contributed by atoms with Crippen LogP contribution in [0.15, 0.2) is 97.1 Å². The van der Waals surface area contributed by atoms with Crippen LogP contribution in [0.3, 0.4) is 0 Å². The van der Waals surface area contributed by atoms with Crippen LogP contribution in [-0.2, 0) is 21.4 Å². The molecule has 1 aliphatic heterocycles. The third-order valence-electron chi connectivity index (χ3n) is 7.81. The van der Waals surface area contributed by atoms with Crippen molar-refractivity contribution >= 4 is 58.8 Å². The van der Waals surface area contributed by atoms with Gasteiger partial charge in [-0.3, -0.25) is 0 Å². The first-order valence-electron chi connectivity index (χ1n) is 15.3. The number of benzene rings is 3. The van der Waals surface area contributed by atoms with Gasteiger partial charge in [-0.15, -0.1) is 10.2 Å². The first-order valence-corrected chi connectivity index (χ1v) is 21.6. The molecule has 0 atom stereocenters. The van der Waals surface area contributed by atoms with Crippen LogP contribution >= 0.6 is 34.8 Å².